The number of thiazole rings is 1. The van der Waals surface area contributed by atoms with Crippen LogP contribution in [0.15, 0.2) is 60.1 Å². The van der Waals surface area contributed by atoms with Crippen molar-refractivity contribution in [1.82, 2.24) is 9.55 Å². The molecule has 31 heavy (non-hydrogen) atoms. The molecule has 0 aliphatic heterocycles. The topological polar surface area (TPSA) is 44.1 Å². The molecule has 0 unspecified atom stereocenters. The Hall–Kier alpha value is -3.13. The summed E-state index contributed by atoms with van der Waals surface area (Å²) in [6.07, 6.45) is -1.45. The molecule has 0 fully saturated rings. The standard InChI is InChI=1S/C23H19F3N2O2S/c1-30-22(29)11-8-16-12-28(20-5-3-2-4-18(16)20)13-21-27-19(14-31-21)15-6-9-17(10-7-15)23(24,25)26/h2-7,9-10,12,14H,8,11,13H2,1H3. The van der Waals surface area contributed by atoms with Crippen LogP contribution in [0.2, 0.25) is 0 Å². The number of para-hydroxylation sites is 1. The van der Waals surface area contributed by atoms with Gasteiger partial charge in [0.25, 0.3) is 0 Å². The monoisotopic (exact) mass is 444 g/mol. The van der Waals surface area contributed by atoms with Gasteiger partial charge in [0, 0.05) is 34.5 Å². The number of methoxy groups -OCH3 is 1. The number of esters is 1. The minimum absolute atomic E-state index is 0.252. The Balaban J connectivity index is 1.56. The summed E-state index contributed by atoms with van der Waals surface area (Å²) in [7, 11) is 1.38. The molecule has 0 saturated carbocycles. The van der Waals surface area contributed by atoms with Crippen molar-refractivity contribution < 1.29 is 22.7 Å². The lowest BCUT2D eigenvalue weighted by molar-refractivity contribution is -0.140. The summed E-state index contributed by atoms with van der Waals surface area (Å²) in [5.41, 5.74) is 2.71. The zero-order valence-corrected chi connectivity index (χ0v) is 17.5. The highest BCUT2D eigenvalue weighted by Crippen LogP contribution is 2.31. The van der Waals surface area contributed by atoms with Crippen molar-refractivity contribution in [2.24, 2.45) is 0 Å². The Bertz CT molecular complexity index is 1210. The molecule has 0 N–H and O–H groups in total. The number of fused-ring (bicyclic) bond motifs is 1. The van der Waals surface area contributed by atoms with E-state index < -0.39 is 11.7 Å². The first kappa shape index (κ1) is 21.1. The minimum atomic E-state index is -4.35. The zero-order chi connectivity index (χ0) is 22.0. The number of benzene rings is 2. The number of hydrogen-bond donors (Lipinski definition) is 0. The van der Waals surface area contributed by atoms with E-state index in [1.165, 1.54) is 30.6 Å². The van der Waals surface area contributed by atoms with Crippen molar-refractivity contribution in [2.75, 3.05) is 7.11 Å². The average molecular weight is 444 g/mol. The van der Waals surface area contributed by atoms with E-state index in [1.54, 1.807) is 0 Å². The SMILES string of the molecule is COC(=O)CCc1cn(Cc2nc(-c3ccc(C(F)(F)F)cc3)cs2)c2ccccc12. The van der Waals surface area contributed by atoms with E-state index in [4.69, 9.17) is 4.74 Å². The average Bonchev–Trinajstić information content (AvgIpc) is 3.37. The maximum absolute atomic E-state index is 12.8. The molecular weight excluding hydrogens is 425 g/mol. The Morgan fingerprint density at radius 1 is 1.13 bits per heavy atom. The summed E-state index contributed by atoms with van der Waals surface area (Å²) in [6.45, 7) is 0.532. The van der Waals surface area contributed by atoms with Crippen LogP contribution in [0.5, 0.6) is 0 Å². The van der Waals surface area contributed by atoms with E-state index in [0.29, 0.717) is 30.6 Å². The van der Waals surface area contributed by atoms with Crippen molar-refractivity contribution in [3.8, 4) is 11.3 Å². The number of rotatable bonds is 6. The minimum Gasteiger partial charge on any atom is -0.469 e. The van der Waals surface area contributed by atoms with Crippen molar-refractivity contribution >= 4 is 28.2 Å². The fourth-order valence-corrected chi connectivity index (χ4v) is 4.28. The van der Waals surface area contributed by atoms with Gasteiger partial charge < -0.3 is 9.30 Å². The van der Waals surface area contributed by atoms with Crippen LogP contribution >= 0.6 is 11.3 Å². The number of alkyl halides is 3. The summed E-state index contributed by atoms with van der Waals surface area (Å²) in [5.74, 6) is -0.252. The molecule has 0 radical (unpaired) electrons. The quantitative estimate of drug-likeness (QED) is 0.346. The maximum Gasteiger partial charge on any atom is 0.416 e. The van der Waals surface area contributed by atoms with E-state index in [9.17, 15) is 18.0 Å². The first-order valence-electron chi connectivity index (χ1n) is 9.61. The van der Waals surface area contributed by atoms with Crippen LogP contribution in [0.1, 0.15) is 22.6 Å². The molecular formula is C23H19F3N2O2S. The van der Waals surface area contributed by atoms with Crippen molar-refractivity contribution in [1.29, 1.82) is 0 Å². The predicted molar refractivity (Wildman–Crippen MR) is 114 cm³/mol. The van der Waals surface area contributed by atoms with Gasteiger partial charge in [-0.2, -0.15) is 13.2 Å². The predicted octanol–water partition coefficient (Wildman–Crippen LogP) is 5.94. The lowest BCUT2D eigenvalue weighted by Gasteiger charge is -2.06. The fourth-order valence-electron chi connectivity index (χ4n) is 3.48. The second-order valence-corrected chi connectivity index (χ2v) is 8.02. The highest BCUT2D eigenvalue weighted by Gasteiger charge is 2.30. The molecule has 4 aromatic rings. The van der Waals surface area contributed by atoms with E-state index in [-0.39, 0.29) is 5.97 Å². The molecule has 2 aromatic heterocycles. The first-order valence-corrected chi connectivity index (χ1v) is 10.5. The summed E-state index contributed by atoms with van der Waals surface area (Å²) < 4.78 is 45.1. The zero-order valence-electron chi connectivity index (χ0n) is 16.6. The van der Waals surface area contributed by atoms with Crippen molar-refractivity contribution in [3.63, 3.8) is 0 Å². The Morgan fingerprint density at radius 3 is 2.58 bits per heavy atom. The second kappa shape index (κ2) is 8.55. The third-order valence-corrected chi connectivity index (χ3v) is 5.90. The number of aromatic nitrogens is 2. The molecule has 4 nitrogen and oxygen atoms in total. The number of carbonyl (C=O) groups is 1. The molecule has 0 amide bonds. The van der Waals surface area contributed by atoms with Crippen LogP contribution in [-0.4, -0.2) is 22.6 Å². The number of ether oxygens (including phenoxy) is 1. The number of carbonyl (C=O) groups excluding carboxylic acids is 1. The molecule has 0 spiro atoms. The van der Waals surface area contributed by atoms with Crippen LogP contribution in [0.25, 0.3) is 22.2 Å². The van der Waals surface area contributed by atoms with Gasteiger partial charge in [0.2, 0.25) is 0 Å². The van der Waals surface area contributed by atoms with Gasteiger partial charge in [0.15, 0.2) is 0 Å². The van der Waals surface area contributed by atoms with Crippen LogP contribution in [0.4, 0.5) is 13.2 Å². The second-order valence-electron chi connectivity index (χ2n) is 7.08. The van der Waals surface area contributed by atoms with E-state index in [1.807, 2.05) is 35.8 Å². The molecule has 0 saturated heterocycles. The Labute approximate surface area is 180 Å². The van der Waals surface area contributed by atoms with Crippen LogP contribution in [-0.2, 0) is 28.7 Å². The van der Waals surface area contributed by atoms with Crippen molar-refractivity contribution in [2.45, 2.75) is 25.6 Å². The molecule has 2 aromatic carbocycles. The van der Waals surface area contributed by atoms with Gasteiger partial charge in [0.05, 0.1) is 24.9 Å². The fraction of sp³-hybridized carbons (Fsp3) is 0.217. The summed E-state index contributed by atoms with van der Waals surface area (Å²) in [4.78, 5) is 16.1. The number of hydrogen-bond acceptors (Lipinski definition) is 4. The third-order valence-electron chi connectivity index (χ3n) is 5.06. The smallest absolute Gasteiger partial charge is 0.416 e. The van der Waals surface area contributed by atoms with Gasteiger partial charge in [-0.3, -0.25) is 4.79 Å². The van der Waals surface area contributed by atoms with E-state index >= 15 is 0 Å². The summed E-state index contributed by atoms with van der Waals surface area (Å²) >= 11 is 1.46. The lowest BCUT2D eigenvalue weighted by Crippen LogP contribution is -2.04. The third kappa shape index (κ3) is 4.64. The largest absolute Gasteiger partial charge is 0.469 e. The van der Waals surface area contributed by atoms with Gasteiger partial charge in [0.1, 0.15) is 5.01 Å². The van der Waals surface area contributed by atoms with Gasteiger partial charge >= 0.3 is 12.1 Å². The van der Waals surface area contributed by atoms with Gasteiger partial charge in [-0.15, -0.1) is 11.3 Å². The number of halogens is 3. The highest BCUT2D eigenvalue weighted by atomic mass is 32.1. The molecule has 0 bridgehead atoms. The molecule has 160 valence electrons. The van der Waals surface area contributed by atoms with Gasteiger partial charge in [-0.25, -0.2) is 4.98 Å². The number of nitrogens with zero attached hydrogens (tertiary/aromatic N) is 2. The Kier molecular flexibility index (Phi) is 5.82. The van der Waals surface area contributed by atoms with Crippen LogP contribution < -0.4 is 0 Å². The van der Waals surface area contributed by atoms with Gasteiger partial charge in [-0.05, 0) is 30.2 Å². The molecule has 2 heterocycles. The lowest BCUT2D eigenvalue weighted by atomic mass is 10.1. The van der Waals surface area contributed by atoms with E-state index in [2.05, 4.69) is 9.55 Å². The molecule has 8 heteroatoms. The van der Waals surface area contributed by atoms with Crippen LogP contribution in [0.3, 0.4) is 0 Å². The molecule has 0 atom stereocenters. The first-order chi connectivity index (χ1) is 14.8. The van der Waals surface area contributed by atoms with Gasteiger partial charge in [-0.1, -0.05) is 30.3 Å². The normalized spacial score (nSPS) is 11.7. The van der Waals surface area contributed by atoms with Crippen LogP contribution in [0, 0.1) is 0 Å². The summed E-state index contributed by atoms with van der Waals surface area (Å²) in [5, 5.41) is 3.77. The van der Waals surface area contributed by atoms with Crippen molar-refractivity contribution in [3.05, 3.63) is 76.2 Å². The Morgan fingerprint density at radius 2 is 1.87 bits per heavy atom. The molecule has 0 aliphatic carbocycles. The maximum atomic E-state index is 12.8. The summed E-state index contributed by atoms with van der Waals surface area (Å²) in [6, 6.07) is 13.0. The molecule has 0 aliphatic rings. The highest BCUT2D eigenvalue weighted by molar-refractivity contribution is 7.09. The molecule has 4 rings (SSSR count). The number of aryl methyl sites for hydroxylation is 1. The van der Waals surface area contributed by atoms with E-state index in [0.717, 1.165) is 33.6 Å².